The van der Waals surface area contributed by atoms with E-state index in [-0.39, 0.29) is 17.8 Å². The third-order valence-corrected chi connectivity index (χ3v) is 4.40. The summed E-state index contributed by atoms with van der Waals surface area (Å²) in [6.07, 6.45) is 3.93. The molecule has 1 atom stereocenters. The number of amides is 1. The van der Waals surface area contributed by atoms with E-state index in [1.165, 1.54) is 0 Å². The molecular formula is C19H26N4O3. The highest BCUT2D eigenvalue weighted by molar-refractivity contribution is 5.91. The van der Waals surface area contributed by atoms with Gasteiger partial charge in [-0.2, -0.15) is 0 Å². The Morgan fingerprint density at radius 2 is 2.35 bits per heavy atom. The predicted molar refractivity (Wildman–Crippen MR) is 97.9 cm³/mol. The van der Waals surface area contributed by atoms with Gasteiger partial charge in [0, 0.05) is 37.5 Å². The highest BCUT2D eigenvalue weighted by Gasteiger charge is 2.21. The summed E-state index contributed by atoms with van der Waals surface area (Å²) in [5, 5.41) is 16.7. The van der Waals surface area contributed by atoms with Crippen LogP contribution in [0, 0.1) is 5.92 Å². The molecule has 1 aliphatic heterocycles. The second kappa shape index (κ2) is 8.31. The maximum Gasteiger partial charge on any atom is 0.290 e. The van der Waals surface area contributed by atoms with Crippen LogP contribution in [0.15, 0.2) is 28.9 Å². The van der Waals surface area contributed by atoms with Crippen LogP contribution in [0.25, 0.3) is 0 Å². The number of aliphatic hydroxyl groups excluding tert-OH is 1. The SMILES string of the molecule is CC(C)Cc1cc(C(=O)NCc2cccnc2N2CCCC(O)C2)on1. The molecule has 2 N–H and O–H groups in total. The smallest absolute Gasteiger partial charge is 0.290 e. The Morgan fingerprint density at radius 3 is 3.12 bits per heavy atom. The van der Waals surface area contributed by atoms with Crippen LogP contribution in [0.3, 0.4) is 0 Å². The lowest BCUT2D eigenvalue weighted by molar-refractivity contribution is 0.0913. The van der Waals surface area contributed by atoms with Crippen molar-refractivity contribution in [3.8, 4) is 0 Å². The first-order valence-electron chi connectivity index (χ1n) is 9.13. The molecule has 0 aliphatic carbocycles. The summed E-state index contributed by atoms with van der Waals surface area (Å²) in [5.41, 5.74) is 1.70. The number of nitrogens with zero attached hydrogens (tertiary/aromatic N) is 3. The summed E-state index contributed by atoms with van der Waals surface area (Å²) in [7, 11) is 0. The maximum absolute atomic E-state index is 12.3. The lowest BCUT2D eigenvalue weighted by Crippen LogP contribution is -2.39. The van der Waals surface area contributed by atoms with Crippen LogP contribution in [-0.2, 0) is 13.0 Å². The largest absolute Gasteiger partial charge is 0.391 e. The van der Waals surface area contributed by atoms with Crippen LogP contribution in [0.4, 0.5) is 5.82 Å². The lowest BCUT2D eigenvalue weighted by atomic mass is 10.1. The zero-order chi connectivity index (χ0) is 18.5. The molecule has 2 aromatic rings. The van der Waals surface area contributed by atoms with Gasteiger partial charge in [-0.05, 0) is 31.2 Å². The van der Waals surface area contributed by atoms with Crippen molar-refractivity contribution in [3.63, 3.8) is 0 Å². The van der Waals surface area contributed by atoms with Crippen molar-refractivity contribution in [3.05, 3.63) is 41.4 Å². The highest BCUT2D eigenvalue weighted by Crippen LogP contribution is 2.22. The van der Waals surface area contributed by atoms with Gasteiger partial charge in [-0.15, -0.1) is 0 Å². The molecular weight excluding hydrogens is 332 g/mol. The molecule has 1 fully saturated rings. The third-order valence-electron chi connectivity index (χ3n) is 4.40. The molecule has 0 radical (unpaired) electrons. The molecule has 0 spiro atoms. The quantitative estimate of drug-likeness (QED) is 0.822. The summed E-state index contributed by atoms with van der Waals surface area (Å²) >= 11 is 0. The summed E-state index contributed by atoms with van der Waals surface area (Å²) in [6, 6.07) is 5.48. The van der Waals surface area contributed by atoms with E-state index >= 15 is 0 Å². The fourth-order valence-electron chi connectivity index (χ4n) is 3.20. The molecule has 1 amide bonds. The number of aromatic nitrogens is 2. The molecule has 2 aromatic heterocycles. The number of carbonyl (C=O) groups is 1. The van der Waals surface area contributed by atoms with Crippen molar-refractivity contribution in [2.45, 2.75) is 45.8 Å². The highest BCUT2D eigenvalue weighted by atomic mass is 16.5. The van der Waals surface area contributed by atoms with E-state index in [2.05, 4.69) is 34.2 Å². The summed E-state index contributed by atoms with van der Waals surface area (Å²) in [5.74, 6) is 1.19. The van der Waals surface area contributed by atoms with E-state index in [0.29, 0.717) is 19.0 Å². The zero-order valence-corrected chi connectivity index (χ0v) is 15.3. The Morgan fingerprint density at radius 1 is 1.50 bits per heavy atom. The lowest BCUT2D eigenvalue weighted by Gasteiger charge is -2.32. The van der Waals surface area contributed by atoms with E-state index in [4.69, 9.17) is 4.52 Å². The molecule has 1 aliphatic rings. The molecule has 3 rings (SSSR count). The summed E-state index contributed by atoms with van der Waals surface area (Å²) in [6.45, 7) is 5.95. The third kappa shape index (κ3) is 4.60. The Hall–Kier alpha value is -2.41. The number of aliphatic hydroxyl groups is 1. The average molecular weight is 358 g/mol. The van der Waals surface area contributed by atoms with E-state index < -0.39 is 0 Å². The van der Waals surface area contributed by atoms with E-state index in [9.17, 15) is 9.90 Å². The number of piperidine rings is 1. The Kier molecular flexibility index (Phi) is 5.88. The van der Waals surface area contributed by atoms with Crippen LogP contribution in [-0.4, -0.2) is 40.3 Å². The first-order valence-corrected chi connectivity index (χ1v) is 9.13. The molecule has 3 heterocycles. The van der Waals surface area contributed by atoms with Gasteiger partial charge in [-0.3, -0.25) is 4.79 Å². The molecule has 26 heavy (non-hydrogen) atoms. The summed E-state index contributed by atoms with van der Waals surface area (Å²) in [4.78, 5) is 18.9. The van der Waals surface area contributed by atoms with Crippen molar-refractivity contribution in [1.82, 2.24) is 15.5 Å². The molecule has 1 saturated heterocycles. The fraction of sp³-hybridized carbons (Fsp3) is 0.526. The maximum atomic E-state index is 12.3. The van der Waals surface area contributed by atoms with Gasteiger partial charge in [0.25, 0.3) is 5.91 Å². The monoisotopic (exact) mass is 358 g/mol. The van der Waals surface area contributed by atoms with Gasteiger partial charge in [0.1, 0.15) is 5.82 Å². The van der Waals surface area contributed by atoms with Gasteiger partial charge in [-0.25, -0.2) is 4.98 Å². The normalized spacial score (nSPS) is 17.5. The van der Waals surface area contributed by atoms with Crippen molar-refractivity contribution in [2.24, 2.45) is 5.92 Å². The first-order chi connectivity index (χ1) is 12.5. The number of β-amino-alcohol motifs (C(OH)–C–C–N with tert-alkyl or cyclic N) is 1. The average Bonchev–Trinajstić information content (AvgIpc) is 3.08. The van der Waals surface area contributed by atoms with Crippen molar-refractivity contribution < 1.29 is 14.4 Å². The molecule has 7 heteroatoms. The fourth-order valence-corrected chi connectivity index (χ4v) is 3.20. The van der Waals surface area contributed by atoms with E-state index in [1.807, 2.05) is 12.1 Å². The van der Waals surface area contributed by atoms with Gasteiger partial charge in [0.2, 0.25) is 5.76 Å². The number of hydrogen-bond acceptors (Lipinski definition) is 6. The van der Waals surface area contributed by atoms with Gasteiger partial charge < -0.3 is 19.8 Å². The Bertz CT molecular complexity index is 744. The molecule has 0 aromatic carbocycles. The van der Waals surface area contributed by atoms with E-state index in [1.54, 1.807) is 12.3 Å². The van der Waals surface area contributed by atoms with Crippen LogP contribution < -0.4 is 10.2 Å². The standard InChI is InChI=1S/C19H26N4O3/c1-13(2)9-15-10-17(26-22-15)19(25)21-11-14-5-3-7-20-18(14)23-8-4-6-16(24)12-23/h3,5,7,10,13,16,24H,4,6,8-9,11-12H2,1-2H3,(H,21,25). The van der Waals surface area contributed by atoms with Crippen molar-refractivity contribution in [2.75, 3.05) is 18.0 Å². The van der Waals surface area contributed by atoms with Crippen LogP contribution >= 0.6 is 0 Å². The minimum Gasteiger partial charge on any atom is -0.391 e. The second-order valence-corrected chi connectivity index (χ2v) is 7.19. The summed E-state index contributed by atoms with van der Waals surface area (Å²) < 4.78 is 5.16. The topological polar surface area (TPSA) is 91.5 Å². The molecule has 140 valence electrons. The van der Waals surface area contributed by atoms with Crippen molar-refractivity contribution >= 4 is 11.7 Å². The van der Waals surface area contributed by atoms with Crippen LogP contribution in [0.1, 0.15) is 48.5 Å². The number of rotatable bonds is 6. The van der Waals surface area contributed by atoms with E-state index in [0.717, 1.165) is 42.9 Å². The number of nitrogens with one attached hydrogen (secondary N) is 1. The minimum atomic E-state index is -0.332. The van der Waals surface area contributed by atoms with Gasteiger partial charge >= 0.3 is 0 Å². The predicted octanol–water partition coefficient (Wildman–Crippen LogP) is 2.16. The zero-order valence-electron chi connectivity index (χ0n) is 15.3. The molecule has 7 nitrogen and oxygen atoms in total. The molecule has 0 bridgehead atoms. The van der Waals surface area contributed by atoms with Gasteiger partial charge in [-0.1, -0.05) is 25.1 Å². The molecule has 1 unspecified atom stereocenters. The Balaban J connectivity index is 1.64. The van der Waals surface area contributed by atoms with Gasteiger partial charge in [0.15, 0.2) is 0 Å². The number of hydrogen-bond donors (Lipinski definition) is 2. The van der Waals surface area contributed by atoms with Gasteiger partial charge in [0.05, 0.1) is 11.8 Å². The number of anilines is 1. The van der Waals surface area contributed by atoms with Crippen LogP contribution in [0.5, 0.6) is 0 Å². The number of carbonyl (C=O) groups excluding carboxylic acids is 1. The minimum absolute atomic E-state index is 0.222. The molecule has 0 saturated carbocycles. The second-order valence-electron chi connectivity index (χ2n) is 7.19. The first kappa shape index (κ1) is 18.4. The number of pyridine rings is 1. The Labute approximate surface area is 153 Å². The van der Waals surface area contributed by atoms with Crippen LogP contribution in [0.2, 0.25) is 0 Å². The van der Waals surface area contributed by atoms with Crippen molar-refractivity contribution in [1.29, 1.82) is 0 Å².